The van der Waals surface area contributed by atoms with Crippen molar-refractivity contribution in [3.05, 3.63) is 89.0 Å². The molecule has 0 unspecified atom stereocenters. The second kappa shape index (κ2) is 11.0. The Labute approximate surface area is 195 Å². The molecule has 33 heavy (non-hydrogen) atoms. The number of hydrogen-bond donors (Lipinski definition) is 1. The minimum atomic E-state index is -3.88. The lowest BCUT2D eigenvalue weighted by Crippen LogP contribution is -2.26. The number of nitrogens with zero attached hydrogens (tertiary/aromatic N) is 1. The van der Waals surface area contributed by atoms with E-state index in [1.165, 1.54) is 17.7 Å². The van der Waals surface area contributed by atoms with Gasteiger partial charge in [-0.25, -0.2) is 13.1 Å². The van der Waals surface area contributed by atoms with Crippen LogP contribution in [0.3, 0.4) is 0 Å². The average Bonchev–Trinajstić information content (AvgIpc) is 2.83. The highest BCUT2D eigenvalue weighted by Crippen LogP contribution is 2.26. The van der Waals surface area contributed by atoms with Crippen molar-refractivity contribution in [2.24, 2.45) is 0 Å². The van der Waals surface area contributed by atoms with Crippen LogP contribution in [0.1, 0.15) is 42.0 Å². The van der Waals surface area contributed by atoms with Crippen molar-refractivity contribution >= 4 is 10.0 Å². The summed E-state index contributed by atoms with van der Waals surface area (Å²) in [6, 6.07) is 21.9. The summed E-state index contributed by atoms with van der Waals surface area (Å²) in [4.78, 5) is -0.0507. The highest BCUT2D eigenvalue weighted by atomic mass is 32.2. The summed E-state index contributed by atoms with van der Waals surface area (Å²) in [5.74, 6) is 1.36. The number of sulfonamides is 1. The Morgan fingerprint density at radius 2 is 1.64 bits per heavy atom. The summed E-state index contributed by atoms with van der Waals surface area (Å²) in [5.41, 5.74) is 3.40. The van der Waals surface area contributed by atoms with E-state index in [2.05, 4.69) is 30.7 Å². The molecule has 0 aliphatic rings. The van der Waals surface area contributed by atoms with Gasteiger partial charge in [-0.3, -0.25) is 0 Å². The lowest BCUT2D eigenvalue weighted by atomic mass is 10.0. The molecule has 0 spiro atoms. The van der Waals surface area contributed by atoms with E-state index >= 15 is 0 Å². The summed E-state index contributed by atoms with van der Waals surface area (Å²) in [6.07, 6.45) is 0.553. The minimum Gasteiger partial charge on any atom is -0.497 e. The van der Waals surface area contributed by atoms with Crippen molar-refractivity contribution in [2.45, 2.75) is 37.7 Å². The molecule has 0 saturated heterocycles. The first-order valence-electron chi connectivity index (χ1n) is 10.7. The van der Waals surface area contributed by atoms with E-state index in [0.29, 0.717) is 12.3 Å². The van der Waals surface area contributed by atoms with Crippen LogP contribution in [-0.4, -0.2) is 22.1 Å². The van der Waals surface area contributed by atoms with Crippen LogP contribution in [0.15, 0.2) is 71.6 Å². The Hall–Kier alpha value is -3.34. The Morgan fingerprint density at radius 3 is 2.24 bits per heavy atom. The lowest BCUT2D eigenvalue weighted by molar-refractivity contribution is 0.297. The molecule has 0 bridgehead atoms. The Balaban J connectivity index is 1.71. The van der Waals surface area contributed by atoms with Crippen LogP contribution in [-0.2, 0) is 23.1 Å². The van der Waals surface area contributed by atoms with Crippen LogP contribution in [0.25, 0.3) is 0 Å². The molecular weight excluding hydrogens is 436 g/mol. The molecule has 0 radical (unpaired) electrons. The molecule has 6 nitrogen and oxygen atoms in total. The molecule has 0 aromatic heterocycles. The average molecular weight is 465 g/mol. The number of rotatable bonds is 10. The van der Waals surface area contributed by atoms with E-state index in [0.717, 1.165) is 16.9 Å². The van der Waals surface area contributed by atoms with E-state index in [1.54, 1.807) is 13.2 Å². The zero-order chi connectivity index (χ0) is 23.8. The number of methoxy groups -OCH3 is 1. The smallest absolute Gasteiger partial charge is 0.244 e. The predicted octanol–water partition coefficient (Wildman–Crippen LogP) is 4.79. The molecular formula is C26H28N2O4S. The normalized spacial score (nSPS) is 11.2. The molecule has 0 heterocycles. The van der Waals surface area contributed by atoms with Gasteiger partial charge in [0.15, 0.2) is 0 Å². The third-order valence-electron chi connectivity index (χ3n) is 5.27. The van der Waals surface area contributed by atoms with Crippen LogP contribution >= 0.6 is 0 Å². The highest BCUT2D eigenvalue weighted by Gasteiger charge is 2.20. The van der Waals surface area contributed by atoms with Gasteiger partial charge in [0.05, 0.1) is 18.7 Å². The number of ether oxygens (including phenoxy) is 2. The zero-order valence-corrected chi connectivity index (χ0v) is 19.9. The van der Waals surface area contributed by atoms with Crippen LogP contribution in [0.5, 0.6) is 11.5 Å². The SMILES string of the molecule is COc1ccc(COc2ccc(C#N)cc2S(=O)(=O)NCCc2ccc(C(C)C)cc2)cc1. The van der Waals surface area contributed by atoms with Crippen molar-refractivity contribution in [2.75, 3.05) is 13.7 Å². The summed E-state index contributed by atoms with van der Waals surface area (Å²) in [7, 11) is -2.29. The van der Waals surface area contributed by atoms with Gasteiger partial charge < -0.3 is 9.47 Å². The van der Waals surface area contributed by atoms with Gasteiger partial charge in [-0.1, -0.05) is 50.2 Å². The first-order chi connectivity index (χ1) is 15.8. The van der Waals surface area contributed by atoms with E-state index in [9.17, 15) is 13.7 Å². The third-order valence-corrected chi connectivity index (χ3v) is 6.75. The molecule has 3 aromatic rings. The maximum absolute atomic E-state index is 13.0. The van der Waals surface area contributed by atoms with Gasteiger partial charge in [-0.2, -0.15) is 5.26 Å². The quantitative estimate of drug-likeness (QED) is 0.466. The van der Waals surface area contributed by atoms with Crippen LogP contribution in [0, 0.1) is 11.3 Å². The van der Waals surface area contributed by atoms with Gasteiger partial charge in [0, 0.05) is 6.54 Å². The van der Waals surface area contributed by atoms with Crippen LogP contribution in [0.2, 0.25) is 0 Å². The summed E-state index contributed by atoms with van der Waals surface area (Å²) < 4.78 is 39.7. The fraction of sp³-hybridized carbons (Fsp3) is 0.269. The molecule has 7 heteroatoms. The molecule has 172 valence electrons. The predicted molar refractivity (Wildman–Crippen MR) is 128 cm³/mol. The fourth-order valence-electron chi connectivity index (χ4n) is 3.27. The minimum absolute atomic E-state index is 0.0507. The van der Waals surface area contributed by atoms with Gasteiger partial charge >= 0.3 is 0 Å². The van der Waals surface area contributed by atoms with Gasteiger partial charge in [0.1, 0.15) is 23.0 Å². The van der Waals surface area contributed by atoms with Crippen molar-refractivity contribution < 1.29 is 17.9 Å². The first kappa shape index (κ1) is 24.3. The Morgan fingerprint density at radius 1 is 0.970 bits per heavy atom. The number of nitriles is 1. The fourth-order valence-corrected chi connectivity index (χ4v) is 4.47. The second-order valence-electron chi connectivity index (χ2n) is 7.95. The summed E-state index contributed by atoms with van der Waals surface area (Å²) in [6.45, 7) is 4.68. The number of hydrogen-bond acceptors (Lipinski definition) is 5. The Bertz CT molecular complexity index is 1210. The summed E-state index contributed by atoms with van der Waals surface area (Å²) >= 11 is 0. The Kier molecular flexibility index (Phi) is 8.10. The monoisotopic (exact) mass is 464 g/mol. The molecule has 0 aliphatic carbocycles. The molecule has 3 rings (SSSR count). The van der Waals surface area contributed by atoms with E-state index in [4.69, 9.17) is 9.47 Å². The highest BCUT2D eigenvalue weighted by molar-refractivity contribution is 7.89. The largest absolute Gasteiger partial charge is 0.497 e. The maximum atomic E-state index is 13.0. The van der Waals surface area contributed by atoms with Crippen molar-refractivity contribution in [3.63, 3.8) is 0 Å². The second-order valence-corrected chi connectivity index (χ2v) is 9.69. The molecule has 0 saturated carbocycles. The summed E-state index contributed by atoms with van der Waals surface area (Å²) in [5, 5.41) is 9.24. The first-order valence-corrected chi connectivity index (χ1v) is 12.2. The van der Waals surface area contributed by atoms with E-state index in [1.807, 2.05) is 42.5 Å². The topological polar surface area (TPSA) is 88.4 Å². The van der Waals surface area contributed by atoms with Gasteiger partial charge in [0.2, 0.25) is 10.0 Å². The van der Waals surface area contributed by atoms with E-state index in [-0.39, 0.29) is 29.4 Å². The van der Waals surface area contributed by atoms with Gasteiger partial charge in [-0.15, -0.1) is 0 Å². The lowest BCUT2D eigenvalue weighted by Gasteiger charge is -2.14. The zero-order valence-electron chi connectivity index (χ0n) is 19.0. The van der Waals surface area contributed by atoms with Gasteiger partial charge in [0.25, 0.3) is 0 Å². The standard InChI is InChI=1S/C26H28N2O4S/c1-19(2)23-9-4-20(5-10-23)14-15-28-33(29,30)26-16-22(17-27)8-13-25(26)32-18-21-6-11-24(31-3)12-7-21/h4-13,16,19,28H,14-15,18H2,1-3H3. The molecule has 1 N–H and O–H groups in total. The van der Waals surface area contributed by atoms with Crippen molar-refractivity contribution in [3.8, 4) is 17.6 Å². The van der Waals surface area contributed by atoms with Crippen molar-refractivity contribution in [1.29, 1.82) is 5.26 Å². The molecule has 0 amide bonds. The third kappa shape index (κ3) is 6.58. The van der Waals surface area contributed by atoms with Crippen LogP contribution < -0.4 is 14.2 Å². The van der Waals surface area contributed by atoms with E-state index < -0.39 is 10.0 Å². The maximum Gasteiger partial charge on any atom is 0.244 e. The van der Waals surface area contributed by atoms with Crippen molar-refractivity contribution in [1.82, 2.24) is 4.72 Å². The molecule has 3 aromatic carbocycles. The van der Waals surface area contributed by atoms with Gasteiger partial charge in [-0.05, 0) is 59.4 Å². The number of nitrogens with one attached hydrogen (secondary N) is 1. The molecule has 0 atom stereocenters. The molecule has 0 fully saturated rings. The van der Waals surface area contributed by atoms with Crippen LogP contribution in [0.4, 0.5) is 0 Å². The number of benzene rings is 3. The molecule has 0 aliphatic heterocycles.